The van der Waals surface area contributed by atoms with Gasteiger partial charge in [0, 0.05) is 17.7 Å². The molecule has 2 N–H and O–H groups in total. The Morgan fingerprint density at radius 1 is 1.10 bits per heavy atom. The van der Waals surface area contributed by atoms with Crippen molar-refractivity contribution in [1.82, 2.24) is 0 Å². The van der Waals surface area contributed by atoms with Gasteiger partial charge in [-0.3, -0.25) is 4.79 Å². The van der Waals surface area contributed by atoms with E-state index in [4.69, 9.17) is 10.5 Å². The summed E-state index contributed by atoms with van der Waals surface area (Å²) < 4.78 is 5.14. The van der Waals surface area contributed by atoms with Gasteiger partial charge in [-0.15, -0.1) is 0 Å². The summed E-state index contributed by atoms with van der Waals surface area (Å²) in [4.78, 5) is 12.4. The molecule has 0 atom stereocenters. The lowest BCUT2D eigenvalue weighted by molar-refractivity contribution is 0.0993. The van der Waals surface area contributed by atoms with E-state index >= 15 is 0 Å². The number of nitrogens with two attached hydrogens (primary N) is 1. The number of benzene rings is 2. The summed E-state index contributed by atoms with van der Waals surface area (Å²) in [5.74, 6) is 0.648. The van der Waals surface area contributed by atoms with Crippen molar-refractivity contribution in [2.45, 2.75) is 20.3 Å². The van der Waals surface area contributed by atoms with E-state index in [0.29, 0.717) is 23.4 Å². The van der Waals surface area contributed by atoms with Crippen molar-refractivity contribution in [1.29, 1.82) is 0 Å². The average molecular weight is 269 g/mol. The molecule has 0 unspecified atom stereocenters. The van der Waals surface area contributed by atoms with Crippen LogP contribution >= 0.6 is 0 Å². The van der Waals surface area contributed by atoms with Gasteiger partial charge >= 0.3 is 0 Å². The Bertz CT molecular complexity index is 627. The van der Waals surface area contributed by atoms with E-state index in [0.717, 1.165) is 16.7 Å². The molecular formula is C17H19NO2. The van der Waals surface area contributed by atoms with E-state index < -0.39 is 0 Å². The fourth-order valence-corrected chi connectivity index (χ4v) is 2.36. The minimum absolute atomic E-state index is 0.00593. The zero-order valence-corrected chi connectivity index (χ0v) is 12.1. The Morgan fingerprint density at radius 2 is 1.75 bits per heavy atom. The summed E-state index contributed by atoms with van der Waals surface area (Å²) >= 11 is 0. The van der Waals surface area contributed by atoms with Crippen LogP contribution in [0.4, 0.5) is 5.69 Å². The standard InChI is InChI=1S/C17H19NO2/c1-11-6-12(2)8-13(7-11)9-17(19)15-10-14(20-3)4-5-16(15)18/h4-8,10H,9,18H2,1-3H3. The molecule has 0 saturated carbocycles. The topological polar surface area (TPSA) is 52.3 Å². The first-order chi connectivity index (χ1) is 9.49. The van der Waals surface area contributed by atoms with E-state index in [1.807, 2.05) is 26.0 Å². The first-order valence-corrected chi connectivity index (χ1v) is 6.53. The highest BCUT2D eigenvalue weighted by molar-refractivity contribution is 6.02. The Hall–Kier alpha value is -2.29. The van der Waals surface area contributed by atoms with Gasteiger partial charge < -0.3 is 10.5 Å². The first kappa shape index (κ1) is 14.1. The number of ketones is 1. The number of Topliss-reactive ketones (excluding diaryl/α,β-unsaturated/α-hetero) is 1. The fraction of sp³-hybridized carbons (Fsp3) is 0.235. The molecule has 2 rings (SSSR count). The quantitative estimate of drug-likeness (QED) is 0.684. The molecule has 3 nitrogen and oxygen atoms in total. The lowest BCUT2D eigenvalue weighted by Gasteiger charge is -2.08. The molecule has 20 heavy (non-hydrogen) atoms. The third-order valence-corrected chi connectivity index (χ3v) is 3.21. The van der Waals surface area contributed by atoms with Gasteiger partial charge in [-0.2, -0.15) is 0 Å². The van der Waals surface area contributed by atoms with Crippen LogP contribution in [-0.2, 0) is 6.42 Å². The summed E-state index contributed by atoms with van der Waals surface area (Å²) in [7, 11) is 1.57. The predicted molar refractivity (Wildman–Crippen MR) is 81.4 cm³/mol. The van der Waals surface area contributed by atoms with Gasteiger partial charge in [-0.05, 0) is 37.6 Å². The maximum atomic E-state index is 12.4. The minimum atomic E-state index is 0.00593. The summed E-state index contributed by atoms with van der Waals surface area (Å²) in [6.45, 7) is 4.06. The number of methoxy groups -OCH3 is 1. The highest BCUT2D eigenvalue weighted by Crippen LogP contribution is 2.21. The van der Waals surface area contributed by atoms with Crippen molar-refractivity contribution in [3.63, 3.8) is 0 Å². The largest absolute Gasteiger partial charge is 0.497 e. The van der Waals surface area contributed by atoms with Crippen molar-refractivity contribution in [2.75, 3.05) is 12.8 Å². The van der Waals surface area contributed by atoms with Gasteiger partial charge in [0.15, 0.2) is 5.78 Å². The molecule has 0 heterocycles. The number of rotatable bonds is 4. The smallest absolute Gasteiger partial charge is 0.169 e. The van der Waals surface area contributed by atoms with Gasteiger partial charge in [-0.25, -0.2) is 0 Å². The molecule has 0 fully saturated rings. The Balaban J connectivity index is 2.27. The minimum Gasteiger partial charge on any atom is -0.497 e. The highest BCUT2D eigenvalue weighted by Gasteiger charge is 2.12. The van der Waals surface area contributed by atoms with Crippen LogP contribution in [0.2, 0.25) is 0 Å². The zero-order chi connectivity index (χ0) is 14.7. The molecule has 0 aromatic heterocycles. The molecule has 0 aliphatic rings. The SMILES string of the molecule is COc1ccc(N)c(C(=O)Cc2cc(C)cc(C)c2)c1. The second-order valence-corrected chi connectivity index (χ2v) is 5.05. The van der Waals surface area contributed by atoms with E-state index in [-0.39, 0.29) is 5.78 Å². The molecule has 2 aromatic carbocycles. The lowest BCUT2D eigenvalue weighted by Crippen LogP contribution is -2.07. The molecule has 0 saturated heterocycles. The number of hydrogen-bond donors (Lipinski definition) is 1. The number of carbonyl (C=O) groups excluding carboxylic acids is 1. The molecule has 0 bridgehead atoms. The van der Waals surface area contributed by atoms with Crippen LogP contribution in [0.15, 0.2) is 36.4 Å². The molecule has 0 radical (unpaired) electrons. The summed E-state index contributed by atoms with van der Waals surface area (Å²) in [5, 5.41) is 0. The van der Waals surface area contributed by atoms with Gasteiger partial charge in [0.25, 0.3) is 0 Å². The first-order valence-electron chi connectivity index (χ1n) is 6.53. The van der Waals surface area contributed by atoms with Crippen LogP contribution in [0.25, 0.3) is 0 Å². The number of carbonyl (C=O) groups is 1. The number of anilines is 1. The van der Waals surface area contributed by atoms with Gasteiger partial charge in [0.1, 0.15) is 5.75 Å². The van der Waals surface area contributed by atoms with Crippen molar-refractivity contribution >= 4 is 11.5 Å². The van der Waals surface area contributed by atoms with Crippen LogP contribution in [0.3, 0.4) is 0 Å². The van der Waals surface area contributed by atoms with Crippen molar-refractivity contribution in [3.05, 3.63) is 58.7 Å². The van der Waals surface area contributed by atoms with Crippen LogP contribution in [0, 0.1) is 13.8 Å². The van der Waals surface area contributed by atoms with E-state index in [1.54, 1.807) is 25.3 Å². The number of hydrogen-bond acceptors (Lipinski definition) is 3. The Kier molecular flexibility index (Phi) is 4.08. The summed E-state index contributed by atoms with van der Waals surface area (Å²) in [6.07, 6.45) is 0.347. The molecule has 0 spiro atoms. The van der Waals surface area contributed by atoms with Crippen LogP contribution in [-0.4, -0.2) is 12.9 Å². The third-order valence-electron chi connectivity index (χ3n) is 3.21. The van der Waals surface area contributed by atoms with Crippen molar-refractivity contribution in [3.8, 4) is 5.75 Å². The highest BCUT2D eigenvalue weighted by atomic mass is 16.5. The number of ether oxygens (including phenoxy) is 1. The second kappa shape index (κ2) is 5.78. The lowest BCUT2D eigenvalue weighted by atomic mass is 9.98. The van der Waals surface area contributed by atoms with E-state index in [2.05, 4.69) is 6.07 Å². The average Bonchev–Trinajstić information content (AvgIpc) is 2.37. The van der Waals surface area contributed by atoms with Crippen molar-refractivity contribution in [2.24, 2.45) is 0 Å². The monoisotopic (exact) mass is 269 g/mol. The normalized spacial score (nSPS) is 10.3. The molecule has 0 aliphatic heterocycles. The molecular weight excluding hydrogens is 250 g/mol. The zero-order valence-electron chi connectivity index (χ0n) is 12.1. The van der Waals surface area contributed by atoms with Crippen LogP contribution < -0.4 is 10.5 Å². The Labute approximate surface area is 119 Å². The molecule has 0 aliphatic carbocycles. The molecule has 0 amide bonds. The van der Waals surface area contributed by atoms with E-state index in [9.17, 15) is 4.79 Å². The van der Waals surface area contributed by atoms with Gasteiger partial charge in [-0.1, -0.05) is 29.3 Å². The van der Waals surface area contributed by atoms with Gasteiger partial charge in [0.2, 0.25) is 0 Å². The van der Waals surface area contributed by atoms with Crippen LogP contribution in [0.1, 0.15) is 27.0 Å². The van der Waals surface area contributed by atoms with Crippen molar-refractivity contribution < 1.29 is 9.53 Å². The third kappa shape index (κ3) is 3.18. The fourth-order valence-electron chi connectivity index (χ4n) is 2.36. The summed E-state index contributed by atoms with van der Waals surface area (Å²) in [5.41, 5.74) is 10.2. The second-order valence-electron chi connectivity index (χ2n) is 5.05. The van der Waals surface area contributed by atoms with Crippen LogP contribution in [0.5, 0.6) is 5.75 Å². The maximum absolute atomic E-state index is 12.4. The predicted octanol–water partition coefficient (Wildman–Crippen LogP) is 3.32. The van der Waals surface area contributed by atoms with E-state index in [1.165, 1.54) is 0 Å². The van der Waals surface area contributed by atoms with Gasteiger partial charge in [0.05, 0.1) is 7.11 Å². The molecule has 3 heteroatoms. The number of nitrogen functional groups attached to an aromatic ring is 1. The number of aryl methyl sites for hydroxylation is 2. The molecule has 104 valence electrons. The maximum Gasteiger partial charge on any atom is 0.169 e. The summed E-state index contributed by atoms with van der Waals surface area (Å²) in [6, 6.07) is 11.3. The molecule has 2 aromatic rings. The Morgan fingerprint density at radius 3 is 2.35 bits per heavy atom.